The summed E-state index contributed by atoms with van der Waals surface area (Å²) in [5.74, 6) is -0.998. The van der Waals surface area contributed by atoms with Crippen molar-refractivity contribution in [1.82, 2.24) is 0 Å². The molecule has 0 saturated carbocycles. The van der Waals surface area contributed by atoms with Crippen LogP contribution in [0.3, 0.4) is 0 Å². The molecule has 0 aromatic carbocycles. The average molecular weight is 467 g/mol. The Morgan fingerprint density at radius 1 is 1.06 bits per heavy atom. The zero-order chi connectivity index (χ0) is 22.9. The lowest BCUT2D eigenvalue weighted by molar-refractivity contribution is -0.172. The predicted octanol–water partition coefficient (Wildman–Crippen LogP) is 6.36. The molecule has 1 fully saturated rings. The molecule has 7 heteroatoms. The van der Waals surface area contributed by atoms with Crippen molar-refractivity contribution >= 4 is 35.1 Å². The van der Waals surface area contributed by atoms with E-state index in [1.165, 1.54) is 29.1 Å². The van der Waals surface area contributed by atoms with Crippen molar-refractivity contribution in [2.24, 2.45) is 5.92 Å². The maximum atomic E-state index is 10.6. The van der Waals surface area contributed by atoms with Crippen LogP contribution in [0.25, 0.3) is 4.91 Å². The van der Waals surface area contributed by atoms with Crippen LogP contribution in [0.4, 0.5) is 0 Å². The summed E-state index contributed by atoms with van der Waals surface area (Å²) in [6.45, 7) is 12.8. The molecule has 1 saturated heterocycles. The van der Waals surface area contributed by atoms with Crippen molar-refractivity contribution in [2.45, 2.75) is 109 Å². The minimum absolute atomic E-state index is 0.223. The molecule has 2 aliphatic rings. The number of rotatable bonds is 10. The first-order chi connectivity index (χ1) is 14.4. The monoisotopic (exact) mass is 466 g/mol. The number of unbranched alkanes of at least 4 members (excludes halogenated alkanes) is 3. The minimum Gasteiger partial charge on any atom is -0.402 e. The van der Waals surface area contributed by atoms with E-state index < -0.39 is 5.79 Å². The van der Waals surface area contributed by atoms with E-state index in [4.69, 9.17) is 9.31 Å². The second kappa shape index (κ2) is 9.90. The Kier molecular flexibility index (Phi) is 8.09. The van der Waals surface area contributed by atoms with Crippen LogP contribution in [-0.2, 0) is 15.1 Å². The zero-order valence-corrected chi connectivity index (χ0v) is 21.6. The third kappa shape index (κ3) is 6.18. The molecule has 2 N–H and O–H groups in total. The molecule has 3 rings (SSSR count). The Morgan fingerprint density at radius 2 is 1.71 bits per heavy atom. The second-order valence-electron chi connectivity index (χ2n) is 10.4. The summed E-state index contributed by atoms with van der Waals surface area (Å²) in [5.41, 5.74) is -0.640. The SMILES string of the molecule is CC(C)CCCCCCC(O)(O)c1ccc(C2=CCC(B3OC(C)(C)C(C)(C)O3)S2)s1. The van der Waals surface area contributed by atoms with Crippen LogP contribution >= 0.6 is 23.1 Å². The smallest absolute Gasteiger partial charge is 0.402 e. The second-order valence-corrected chi connectivity index (χ2v) is 12.8. The fraction of sp³-hybridized carbons (Fsp3) is 0.750. The van der Waals surface area contributed by atoms with Gasteiger partial charge in [-0.3, -0.25) is 0 Å². The van der Waals surface area contributed by atoms with Crippen LogP contribution in [0.1, 0.15) is 96.2 Å². The summed E-state index contributed by atoms with van der Waals surface area (Å²) < 4.78 is 12.4. The first-order valence-electron chi connectivity index (χ1n) is 11.7. The molecule has 0 bridgehead atoms. The highest BCUT2D eigenvalue weighted by molar-refractivity contribution is 8.10. The highest BCUT2D eigenvalue weighted by atomic mass is 32.2. The average Bonchev–Trinajstić information content (AvgIpc) is 3.36. The number of hydrogen-bond acceptors (Lipinski definition) is 6. The molecule has 0 amide bonds. The van der Waals surface area contributed by atoms with E-state index in [-0.39, 0.29) is 23.5 Å². The Hall–Kier alpha value is -0.305. The van der Waals surface area contributed by atoms with Gasteiger partial charge >= 0.3 is 7.12 Å². The summed E-state index contributed by atoms with van der Waals surface area (Å²) in [4.78, 5) is 2.90. The van der Waals surface area contributed by atoms with Gasteiger partial charge in [0, 0.05) is 21.4 Å². The van der Waals surface area contributed by atoms with Gasteiger partial charge in [-0.05, 0) is 58.6 Å². The molecule has 174 valence electrons. The van der Waals surface area contributed by atoms with Gasteiger partial charge in [0.05, 0.1) is 16.1 Å². The van der Waals surface area contributed by atoms with Gasteiger partial charge in [0.1, 0.15) is 0 Å². The lowest BCUT2D eigenvalue weighted by Crippen LogP contribution is -2.41. The van der Waals surface area contributed by atoms with Gasteiger partial charge in [0.2, 0.25) is 0 Å². The molecular formula is C24H39BO4S2. The van der Waals surface area contributed by atoms with Crippen molar-refractivity contribution in [3.63, 3.8) is 0 Å². The van der Waals surface area contributed by atoms with Crippen LogP contribution < -0.4 is 0 Å². The van der Waals surface area contributed by atoms with Crippen LogP contribution in [0.5, 0.6) is 0 Å². The predicted molar refractivity (Wildman–Crippen MR) is 133 cm³/mol. The molecule has 1 aromatic heterocycles. The van der Waals surface area contributed by atoms with Crippen molar-refractivity contribution in [1.29, 1.82) is 0 Å². The third-order valence-electron chi connectivity index (χ3n) is 6.69. The van der Waals surface area contributed by atoms with Gasteiger partial charge in [-0.2, -0.15) is 0 Å². The Bertz CT molecular complexity index is 753. The third-order valence-corrected chi connectivity index (χ3v) is 9.44. The maximum Gasteiger partial charge on any atom is 0.472 e. The molecule has 0 aliphatic carbocycles. The summed E-state index contributed by atoms with van der Waals surface area (Å²) in [6.07, 6.45) is 9.01. The van der Waals surface area contributed by atoms with Crippen LogP contribution in [0.15, 0.2) is 18.2 Å². The highest BCUT2D eigenvalue weighted by Crippen LogP contribution is 2.48. The van der Waals surface area contributed by atoms with E-state index in [1.807, 2.05) is 12.1 Å². The van der Waals surface area contributed by atoms with Crippen LogP contribution in [-0.4, -0.2) is 33.7 Å². The summed E-state index contributed by atoms with van der Waals surface area (Å²) in [7, 11) is -0.228. The Balaban J connectivity index is 1.50. The molecule has 0 spiro atoms. The topological polar surface area (TPSA) is 58.9 Å². The standard InChI is InChI=1S/C24H39BO4S2/c1-17(2)11-9-7-8-10-16-24(26,27)20-14-12-18(30-20)19-13-15-21(31-19)25-28-22(3,4)23(5,6)29-25/h12-14,17,21,26-27H,7-11,15-16H2,1-6H3. The summed E-state index contributed by atoms with van der Waals surface area (Å²) in [6, 6.07) is 3.87. The molecule has 4 nitrogen and oxygen atoms in total. The largest absolute Gasteiger partial charge is 0.472 e. The normalized spacial score (nSPS) is 23.1. The van der Waals surface area contributed by atoms with Gasteiger partial charge in [-0.25, -0.2) is 0 Å². The molecule has 2 aliphatic heterocycles. The number of thioether (sulfide) groups is 1. The molecule has 1 atom stereocenters. The van der Waals surface area contributed by atoms with E-state index in [0.29, 0.717) is 11.3 Å². The van der Waals surface area contributed by atoms with E-state index >= 15 is 0 Å². The van der Waals surface area contributed by atoms with Gasteiger partial charge < -0.3 is 19.5 Å². The lowest BCUT2D eigenvalue weighted by Gasteiger charge is -2.32. The Morgan fingerprint density at radius 3 is 2.35 bits per heavy atom. The summed E-state index contributed by atoms with van der Waals surface area (Å²) in [5, 5.41) is 21.5. The summed E-state index contributed by atoms with van der Waals surface area (Å²) >= 11 is 3.26. The first-order valence-corrected chi connectivity index (χ1v) is 13.4. The van der Waals surface area contributed by atoms with Gasteiger partial charge in [0.15, 0.2) is 5.79 Å². The van der Waals surface area contributed by atoms with Crippen molar-refractivity contribution in [2.75, 3.05) is 0 Å². The van der Waals surface area contributed by atoms with Gasteiger partial charge in [-0.15, -0.1) is 23.1 Å². The van der Waals surface area contributed by atoms with E-state index in [1.54, 1.807) is 11.8 Å². The highest BCUT2D eigenvalue weighted by Gasteiger charge is 2.54. The fourth-order valence-corrected chi connectivity index (χ4v) is 6.28. The van der Waals surface area contributed by atoms with E-state index in [0.717, 1.165) is 36.5 Å². The maximum absolute atomic E-state index is 10.6. The molecule has 1 unspecified atom stereocenters. The Labute approximate surface area is 197 Å². The van der Waals surface area contributed by atoms with Gasteiger partial charge in [0.25, 0.3) is 0 Å². The number of aliphatic hydroxyl groups is 2. The minimum atomic E-state index is -1.74. The van der Waals surface area contributed by atoms with Crippen molar-refractivity contribution in [3.05, 3.63) is 28.0 Å². The quantitative estimate of drug-likeness (QED) is 0.239. The molecule has 1 aromatic rings. The van der Waals surface area contributed by atoms with Crippen molar-refractivity contribution in [3.8, 4) is 0 Å². The van der Waals surface area contributed by atoms with Crippen LogP contribution in [0.2, 0.25) is 0 Å². The van der Waals surface area contributed by atoms with Crippen LogP contribution in [0, 0.1) is 5.92 Å². The molecule has 0 radical (unpaired) electrons. The number of allylic oxidation sites excluding steroid dienone is 1. The van der Waals surface area contributed by atoms with Gasteiger partial charge in [-0.1, -0.05) is 45.6 Å². The fourth-order valence-electron chi connectivity index (χ4n) is 3.93. The molecular weight excluding hydrogens is 427 g/mol. The molecule has 3 heterocycles. The molecule has 31 heavy (non-hydrogen) atoms. The first kappa shape index (κ1) is 25.3. The zero-order valence-electron chi connectivity index (χ0n) is 19.9. The van der Waals surface area contributed by atoms with Crippen molar-refractivity contribution < 1.29 is 19.5 Å². The van der Waals surface area contributed by atoms with E-state index in [2.05, 4.69) is 47.6 Å². The number of thiophene rings is 1. The number of hydrogen-bond donors (Lipinski definition) is 2. The van der Waals surface area contributed by atoms with E-state index in [9.17, 15) is 10.2 Å². The lowest BCUT2D eigenvalue weighted by atomic mass is 9.82.